The lowest BCUT2D eigenvalue weighted by Gasteiger charge is -2.08. The molecule has 5 nitrogen and oxygen atoms in total. The molecule has 3 rings (SSSR count). The molecular formula is C23H16N2O3S. The average molecular weight is 400 g/mol. The Kier molecular flexibility index (Phi) is 6.46. The maximum atomic E-state index is 12.5. The van der Waals surface area contributed by atoms with Gasteiger partial charge in [0.25, 0.3) is 5.91 Å². The van der Waals surface area contributed by atoms with Gasteiger partial charge in [0, 0.05) is 15.5 Å². The van der Waals surface area contributed by atoms with Gasteiger partial charge in [0.2, 0.25) is 0 Å². The van der Waals surface area contributed by atoms with Crippen molar-refractivity contribution >= 4 is 35.4 Å². The monoisotopic (exact) mass is 400 g/mol. The topological polar surface area (TPSA) is 90.2 Å². The van der Waals surface area contributed by atoms with Crippen LogP contribution in [0.25, 0.3) is 6.08 Å². The van der Waals surface area contributed by atoms with Gasteiger partial charge in [0.05, 0.1) is 5.56 Å². The van der Waals surface area contributed by atoms with Gasteiger partial charge in [-0.05, 0) is 48.0 Å². The molecule has 2 N–H and O–H groups in total. The Hall–Kier alpha value is -3.82. The maximum absolute atomic E-state index is 12.5. The highest BCUT2D eigenvalue weighted by atomic mass is 32.2. The molecule has 0 aliphatic rings. The van der Waals surface area contributed by atoms with Gasteiger partial charge >= 0.3 is 5.97 Å². The summed E-state index contributed by atoms with van der Waals surface area (Å²) < 4.78 is 0. The summed E-state index contributed by atoms with van der Waals surface area (Å²) in [6.07, 6.45) is 1.53. The number of nitriles is 1. The molecule has 0 atom stereocenters. The number of carbonyl (C=O) groups excluding carboxylic acids is 1. The van der Waals surface area contributed by atoms with Crippen LogP contribution in [-0.4, -0.2) is 17.0 Å². The summed E-state index contributed by atoms with van der Waals surface area (Å²) in [5, 5.41) is 21.1. The molecule has 0 unspecified atom stereocenters. The fourth-order valence-electron chi connectivity index (χ4n) is 2.54. The summed E-state index contributed by atoms with van der Waals surface area (Å²) in [6.45, 7) is 0. The van der Waals surface area contributed by atoms with E-state index in [-0.39, 0.29) is 11.1 Å². The van der Waals surface area contributed by atoms with Crippen LogP contribution < -0.4 is 5.32 Å². The first-order valence-corrected chi connectivity index (χ1v) is 9.47. The SMILES string of the molecule is N#CC(=Cc1ccccc1Sc1ccccc1)C(=O)Nc1cccc(C(=O)O)c1. The summed E-state index contributed by atoms with van der Waals surface area (Å²) in [6, 6.07) is 25.1. The molecule has 3 aromatic carbocycles. The number of benzene rings is 3. The zero-order valence-corrected chi connectivity index (χ0v) is 16.0. The number of rotatable bonds is 6. The molecule has 1 amide bonds. The predicted molar refractivity (Wildman–Crippen MR) is 113 cm³/mol. The molecule has 142 valence electrons. The van der Waals surface area contributed by atoms with Gasteiger partial charge < -0.3 is 10.4 Å². The number of hydrogen-bond acceptors (Lipinski definition) is 4. The highest BCUT2D eigenvalue weighted by molar-refractivity contribution is 7.99. The van der Waals surface area contributed by atoms with Gasteiger partial charge in [0.1, 0.15) is 11.6 Å². The quantitative estimate of drug-likeness (QED) is 0.445. The molecule has 0 saturated heterocycles. The van der Waals surface area contributed by atoms with E-state index in [1.54, 1.807) is 6.07 Å². The van der Waals surface area contributed by atoms with E-state index in [0.29, 0.717) is 5.69 Å². The number of carbonyl (C=O) groups is 2. The lowest BCUT2D eigenvalue weighted by atomic mass is 10.1. The van der Waals surface area contributed by atoms with E-state index >= 15 is 0 Å². The van der Waals surface area contributed by atoms with Crippen LogP contribution in [0.15, 0.2) is 94.2 Å². The standard InChI is InChI=1S/C23H16N2O3S/c24-15-18(22(26)25-19-9-6-8-17(14-19)23(27)28)13-16-7-4-5-12-21(16)29-20-10-2-1-3-11-20/h1-14H,(H,25,26)(H,27,28). The van der Waals surface area contributed by atoms with Crippen molar-refractivity contribution in [3.05, 3.63) is 95.6 Å². The van der Waals surface area contributed by atoms with E-state index in [0.717, 1.165) is 15.4 Å². The van der Waals surface area contributed by atoms with Crippen molar-refractivity contribution in [2.24, 2.45) is 0 Å². The van der Waals surface area contributed by atoms with Crippen LogP contribution in [0.5, 0.6) is 0 Å². The number of nitrogens with zero attached hydrogens (tertiary/aromatic N) is 1. The lowest BCUT2D eigenvalue weighted by molar-refractivity contribution is -0.112. The second-order valence-corrected chi connectivity index (χ2v) is 7.08. The molecule has 0 aliphatic heterocycles. The Morgan fingerprint density at radius 2 is 1.69 bits per heavy atom. The number of carboxylic acid groups (broad SMARTS) is 1. The van der Waals surface area contributed by atoms with Crippen LogP contribution in [0.2, 0.25) is 0 Å². The van der Waals surface area contributed by atoms with Crippen molar-refractivity contribution in [2.75, 3.05) is 5.32 Å². The molecule has 0 radical (unpaired) electrons. The first kappa shape index (κ1) is 19.9. The molecule has 0 bridgehead atoms. The van der Waals surface area contributed by atoms with Crippen molar-refractivity contribution in [1.82, 2.24) is 0 Å². The first-order valence-electron chi connectivity index (χ1n) is 8.65. The van der Waals surface area contributed by atoms with E-state index in [1.165, 1.54) is 36.0 Å². The fourth-order valence-corrected chi connectivity index (χ4v) is 3.48. The van der Waals surface area contributed by atoms with Crippen molar-refractivity contribution in [3.63, 3.8) is 0 Å². The summed E-state index contributed by atoms with van der Waals surface area (Å²) >= 11 is 1.54. The highest BCUT2D eigenvalue weighted by Crippen LogP contribution is 2.31. The minimum Gasteiger partial charge on any atom is -0.478 e. The molecule has 0 spiro atoms. The van der Waals surface area contributed by atoms with Crippen LogP contribution >= 0.6 is 11.8 Å². The Morgan fingerprint density at radius 1 is 0.966 bits per heavy atom. The van der Waals surface area contributed by atoms with E-state index in [4.69, 9.17) is 5.11 Å². The van der Waals surface area contributed by atoms with Gasteiger partial charge in [0.15, 0.2) is 0 Å². The molecule has 0 saturated carbocycles. The predicted octanol–water partition coefficient (Wildman–Crippen LogP) is 5.08. The minimum absolute atomic E-state index is 0.0508. The van der Waals surface area contributed by atoms with Crippen LogP contribution in [0.1, 0.15) is 15.9 Å². The van der Waals surface area contributed by atoms with Crippen molar-refractivity contribution in [3.8, 4) is 6.07 Å². The number of hydrogen-bond donors (Lipinski definition) is 2. The Labute approximate surface area is 172 Å². The Bertz CT molecular complexity index is 1120. The molecule has 0 fully saturated rings. The molecule has 3 aromatic rings. The van der Waals surface area contributed by atoms with Gasteiger partial charge in [-0.2, -0.15) is 5.26 Å². The third-order valence-corrected chi connectivity index (χ3v) is 5.02. The zero-order chi connectivity index (χ0) is 20.6. The Morgan fingerprint density at radius 3 is 2.41 bits per heavy atom. The number of carboxylic acids is 1. The van der Waals surface area contributed by atoms with Crippen molar-refractivity contribution < 1.29 is 14.7 Å². The van der Waals surface area contributed by atoms with E-state index < -0.39 is 11.9 Å². The van der Waals surface area contributed by atoms with Crippen LogP contribution in [0.4, 0.5) is 5.69 Å². The normalized spacial score (nSPS) is 10.8. The molecule has 6 heteroatoms. The Balaban J connectivity index is 1.85. The third-order valence-electron chi connectivity index (χ3n) is 3.92. The largest absolute Gasteiger partial charge is 0.478 e. The second kappa shape index (κ2) is 9.40. The number of amides is 1. The van der Waals surface area contributed by atoms with Gasteiger partial charge in [-0.3, -0.25) is 4.79 Å². The third kappa shape index (κ3) is 5.34. The van der Waals surface area contributed by atoms with Gasteiger partial charge in [-0.25, -0.2) is 4.79 Å². The summed E-state index contributed by atoms with van der Waals surface area (Å²) in [5.74, 6) is -1.70. The van der Waals surface area contributed by atoms with Gasteiger partial charge in [-0.1, -0.05) is 54.2 Å². The summed E-state index contributed by atoms with van der Waals surface area (Å²) in [7, 11) is 0. The smallest absolute Gasteiger partial charge is 0.335 e. The van der Waals surface area contributed by atoms with Crippen LogP contribution in [0, 0.1) is 11.3 Å². The highest BCUT2D eigenvalue weighted by Gasteiger charge is 2.12. The van der Waals surface area contributed by atoms with Gasteiger partial charge in [-0.15, -0.1) is 0 Å². The zero-order valence-electron chi connectivity index (χ0n) is 15.2. The van der Waals surface area contributed by atoms with Crippen LogP contribution in [-0.2, 0) is 4.79 Å². The van der Waals surface area contributed by atoms with E-state index in [2.05, 4.69) is 5.32 Å². The van der Waals surface area contributed by atoms with E-state index in [1.807, 2.05) is 60.7 Å². The van der Waals surface area contributed by atoms with Crippen molar-refractivity contribution in [2.45, 2.75) is 9.79 Å². The van der Waals surface area contributed by atoms with Crippen molar-refractivity contribution in [1.29, 1.82) is 5.26 Å². The second-order valence-electron chi connectivity index (χ2n) is 5.96. The number of anilines is 1. The van der Waals surface area contributed by atoms with Crippen LogP contribution in [0.3, 0.4) is 0 Å². The first-order chi connectivity index (χ1) is 14.1. The maximum Gasteiger partial charge on any atom is 0.335 e. The molecule has 0 aromatic heterocycles. The summed E-state index contributed by atoms with van der Waals surface area (Å²) in [5.41, 5.74) is 1.03. The molecule has 29 heavy (non-hydrogen) atoms. The number of nitrogens with one attached hydrogen (secondary N) is 1. The lowest BCUT2D eigenvalue weighted by Crippen LogP contribution is -2.14. The molecule has 0 aliphatic carbocycles. The number of aromatic carboxylic acids is 1. The summed E-state index contributed by atoms with van der Waals surface area (Å²) in [4.78, 5) is 25.6. The minimum atomic E-state index is -1.09. The fraction of sp³-hybridized carbons (Fsp3) is 0. The molecule has 0 heterocycles. The van der Waals surface area contributed by atoms with E-state index in [9.17, 15) is 14.9 Å². The average Bonchev–Trinajstić information content (AvgIpc) is 2.74. The molecular weight excluding hydrogens is 384 g/mol.